The summed E-state index contributed by atoms with van der Waals surface area (Å²) in [6.45, 7) is 0. The molecule has 0 atom stereocenters. The van der Waals surface area contributed by atoms with Crippen molar-refractivity contribution in [2.75, 3.05) is 0 Å². The summed E-state index contributed by atoms with van der Waals surface area (Å²) < 4.78 is 2.52. The minimum atomic E-state index is 1.15. The van der Waals surface area contributed by atoms with E-state index in [0.29, 0.717) is 0 Å². The SMILES string of the molecule is c1ccc(-c2cc(-c3ccccc3)cc(-n3c4ccccc4c4c5c6ccccc6c(-c6ccccc6)cc5c5ccccc5c43)c2)cc1. The normalized spacial score (nSPS) is 11.7. The molecule has 0 aliphatic carbocycles. The van der Waals surface area contributed by atoms with Crippen molar-refractivity contribution in [3.05, 3.63) is 188 Å². The Hall–Kier alpha value is -6.44. The zero-order valence-electron chi connectivity index (χ0n) is 26.8. The van der Waals surface area contributed by atoms with Gasteiger partial charge in [0.25, 0.3) is 0 Å². The number of fused-ring (bicyclic) bond motifs is 10. The lowest BCUT2D eigenvalue weighted by molar-refractivity contribution is 1.19. The zero-order chi connectivity index (χ0) is 32.3. The van der Waals surface area contributed by atoms with Crippen LogP contribution >= 0.6 is 0 Å². The summed E-state index contributed by atoms with van der Waals surface area (Å²) in [5, 5.41) is 10.2. The van der Waals surface area contributed by atoms with E-state index in [1.54, 1.807) is 0 Å². The van der Waals surface area contributed by atoms with E-state index >= 15 is 0 Å². The first-order valence-corrected chi connectivity index (χ1v) is 16.9. The number of rotatable bonds is 4. The highest BCUT2D eigenvalue weighted by molar-refractivity contribution is 6.38. The molecule has 0 amide bonds. The van der Waals surface area contributed by atoms with Crippen molar-refractivity contribution in [3.8, 4) is 39.1 Å². The smallest absolute Gasteiger partial charge is 0.0626 e. The lowest BCUT2D eigenvalue weighted by atomic mass is 9.88. The molecule has 0 saturated heterocycles. The fourth-order valence-electron chi connectivity index (χ4n) is 7.99. The summed E-state index contributed by atoms with van der Waals surface area (Å²) in [5.41, 5.74) is 10.9. The van der Waals surface area contributed by atoms with Gasteiger partial charge in [0, 0.05) is 27.2 Å². The van der Waals surface area contributed by atoms with Gasteiger partial charge in [-0.1, -0.05) is 158 Å². The Morgan fingerprint density at radius 3 is 1.41 bits per heavy atom. The Balaban J connectivity index is 1.41. The van der Waals surface area contributed by atoms with Gasteiger partial charge in [0.1, 0.15) is 0 Å². The van der Waals surface area contributed by atoms with Gasteiger partial charge >= 0.3 is 0 Å². The number of hydrogen-bond acceptors (Lipinski definition) is 0. The molecule has 10 aromatic rings. The maximum absolute atomic E-state index is 2.52. The molecular formula is C48H31N. The molecule has 0 radical (unpaired) electrons. The molecule has 228 valence electrons. The van der Waals surface area contributed by atoms with Crippen molar-refractivity contribution in [2.24, 2.45) is 0 Å². The van der Waals surface area contributed by atoms with Crippen LogP contribution in [0.15, 0.2) is 188 Å². The highest BCUT2D eigenvalue weighted by Crippen LogP contribution is 2.47. The van der Waals surface area contributed by atoms with Gasteiger partial charge < -0.3 is 4.57 Å². The largest absolute Gasteiger partial charge is 0.309 e. The number of para-hydroxylation sites is 1. The zero-order valence-corrected chi connectivity index (χ0v) is 26.8. The Bertz CT molecular complexity index is 2790. The van der Waals surface area contributed by atoms with E-state index in [2.05, 4.69) is 193 Å². The Morgan fingerprint density at radius 2 is 0.776 bits per heavy atom. The lowest BCUT2D eigenvalue weighted by Crippen LogP contribution is -1.97. The van der Waals surface area contributed by atoms with Crippen LogP contribution in [0.4, 0.5) is 0 Å². The summed E-state index contributed by atoms with van der Waals surface area (Å²) in [6.07, 6.45) is 0. The molecular weight excluding hydrogens is 591 g/mol. The van der Waals surface area contributed by atoms with Crippen molar-refractivity contribution >= 4 is 54.1 Å². The van der Waals surface area contributed by atoms with Gasteiger partial charge in [-0.15, -0.1) is 0 Å². The molecule has 0 unspecified atom stereocenters. The third kappa shape index (κ3) is 4.33. The van der Waals surface area contributed by atoms with Crippen LogP contribution in [0.5, 0.6) is 0 Å². The second kappa shape index (κ2) is 11.1. The number of hydrogen-bond donors (Lipinski definition) is 0. The van der Waals surface area contributed by atoms with E-state index in [-0.39, 0.29) is 0 Å². The summed E-state index contributed by atoms with van der Waals surface area (Å²) >= 11 is 0. The van der Waals surface area contributed by atoms with Gasteiger partial charge in [-0.2, -0.15) is 0 Å². The Morgan fingerprint density at radius 1 is 0.286 bits per heavy atom. The predicted molar refractivity (Wildman–Crippen MR) is 210 cm³/mol. The Kier molecular flexibility index (Phi) is 6.25. The maximum atomic E-state index is 2.52. The minimum absolute atomic E-state index is 1.15. The van der Waals surface area contributed by atoms with E-state index in [4.69, 9.17) is 0 Å². The molecule has 49 heavy (non-hydrogen) atoms. The van der Waals surface area contributed by atoms with Crippen molar-refractivity contribution in [3.63, 3.8) is 0 Å². The monoisotopic (exact) mass is 621 g/mol. The van der Waals surface area contributed by atoms with E-state index in [1.807, 2.05) is 0 Å². The van der Waals surface area contributed by atoms with E-state index < -0.39 is 0 Å². The predicted octanol–water partition coefficient (Wildman–Crippen LogP) is 13.2. The second-order valence-electron chi connectivity index (χ2n) is 12.9. The van der Waals surface area contributed by atoms with Crippen LogP contribution in [0.1, 0.15) is 0 Å². The van der Waals surface area contributed by atoms with Crippen molar-refractivity contribution in [2.45, 2.75) is 0 Å². The average Bonchev–Trinajstić information content (AvgIpc) is 3.54. The molecule has 0 fully saturated rings. The van der Waals surface area contributed by atoms with Crippen molar-refractivity contribution in [1.29, 1.82) is 0 Å². The van der Waals surface area contributed by atoms with E-state index in [1.165, 1.54) is 87.5 Å². The van der Waals surface area contributed by atoms with Crippen LogP contribution in [0, 0.1) is 0 Å². The van der Waals surface area contributed by atoms with E-state index in [0.717, 1.165) is 5.69 Å². The molecule has 1 nitrogen and oxygen atoms in total. The Labute approximate surface area is 284 Å². The average molecular weight is 622 g/mol. The third-order valence-corrected chi connectivity index (χ3v) is 10.1. The van der Waals surface area contributed by atoms with Crippen molar-refractivity contribution in [1.82, 2.24) is 4.57 Å². The van der Waals surface area contributed by atoms with Crippen LogP contribution < -0.4 is 0 Å². The summed E-state index contributed by atoms with van der Waals surface area (Å²) in [4.78, 5) is 0. The highest BCUT2D eigenvalue weighted by Gasteiger charge is 2.22. The van der Waals surface area contributed by atoms with Crippen LogP contribution in [-0.4, -0.2) is 4.57 Å². The number of benzene rings is 9. The van der Waals surface area contributed by atoms with Gasteiger partial charge in [-0.3, -0.25) is 0 Å². The summed E-state index contributed by atoms with van der Waals surface area (Å²) in [7, 11) is 0. The van der Waals surface area contributed by atoms with Gasteiger partial charge in [0.2, 0.25) is 0 Å². The molecule has 0 aliphatic heterocycles. The third-order valence-electron chi connectivity index (χ3n) is 10.1. The maximum Gasteiger partial charge on any atom is 0.0626 e. The van der Waals surface area contributed by atoms with Crippen molar-refractivity contribution < 1.29 is 0 Å². The molecule has 0 saturated carbocycles. The molecule has 0 aliphatic rings. The standard InChI is InChI=1S/C48H31N/c1-4-16-32(17-5-1)35-28-36(33-18-6-2-7-19-33)30-37(29-35)49-45-27-15-14-26-42(45)47-46-40-24-12-10-22-38(40)43(34-20-8-3-9-21-34)31-44(46)39-23-11-13-25-41(39)48(47)49/h1-31H. The first kappa shape index (κ1) is 27.7. The fraction of sp³-hybridized carbons (Fsp3) is 0. The lowest BCUT2D eigenvalue weighted by Gasteiger charge is -2.17. The summed E-state index contributed by atoms with van der Waals surface area (Å²) in [6, 6.07) is 68.7. The summed E-state index contributed by atoms with van der Waals surface area (Å²) in [5.74, 6) is 0. The van der Waals surface area contributed by atoms with Crippen LogP contribution in [0.2, 0.25) is 0 Å². The van der Waals surface area contributed by atoms with Crippen LogP contribution in [0.3, 0.4) is 0 Å². The molecule has 0 N–H and O–H groups in total. The molecule has 9 aromatic carbocycles. The van der Waals surface area contributed by atoms with Gasteiger partial charge in [-0.25, -0.2) is 0 Å². The van der Waals surface area contributed by atoms with Gasteiger partial charge in [0.15, 0.2) is 0 Å². The molecule has 1 heterocycles. The molecule has 1 aromatic heterocycles. The van der Waals surface area contributed by atoms with Gasteiger partial charge in [-0.05, 0) is 85.3 Å². The number of aromatic nitrogens is 1. The first-order valence-electron chi connectivity index (χ1n) is 16.9. The first-order chi connectivity index (χ1) is 24.3. The van der Waals surface area contributed by atoms with Crippen LogP contribution in [0.25, 0.3) is 93.2 Å². The second-order valence-corrected chi connectivity index (χ2v) is 12.9. The minimum Gasteiger partial charge on any atom is -0.309 e. The van der Waals surface area contributed by atoms with Crippen LogP contribution in [-0.2, 0) is 0 Å². The van der Waals surface area contributed by atoms with E-state index in [9.17, 15) is 0 Å². The van der Waals surface area contributed by atoms with Gasteiger partial charge in [0.05, 0.1) is 11.0 Å². The highest BCUT2D eigenvalue weighted by atomic mass is 15.0. The molecule has 0 bridgehead atoms. The molecule has 1 heteroatoms. The number of nitrogens with zero attached hydrogens (tertiary/aromatic N) is 1. The topological polar surface area (TPSA) is 4.93 Å². The quantitative estimate of drug-likeness (QED) is 0.172. The molecule has 10 rings (SSSR count). The fourth-order valence-corrected chi connectivity index (χ4v) is 7.99. The molecule has 0 spiro atoms.